The molecule has 1 aliphatic heterocycles. The smallest absolute Gasteiger partial charge is 0.248 e. The van der Waals surface area contributed by atoms with Gasteiger partial charge in [-0.05, 0) is 65.9 Å². The first kappa shape index (κ1) is 28.8. The minimum atomic E-state index is -2.61. The molecule has 1 aromatic heterocycles. The van der Waals surface area contributed by atoms with Crippen molar-refractivity contribution in [3.63, 3.8) is 0 Å². The highest BCUT2D eigenvalue weighted by molar-refractivity contribution is 6.40. The number of nitrogens with one attached hydrogen (secondary N) is 2. The monoisotopic (exact) mass is 570 g/mol. The summed E-state index contributed by atoms with van der Waals surface area (Å²) in [5.41, 5.74) is 2.56. The van der Waals surface area contributed by atoms with Crippen LogP contribution in [0.4, 0.5) is 14.5 Å². The molecule has 1 unspecified atom stereocenters. The van der Waals surface area contributed by atoms with Crippen molar-refractivity contribution in [2.45, 2.75) is 49.9 Å². The third kappa shape index (κ3) is 6.28. The third-order valence-electron chi connectivity index (χ3n) is 9.05. The van der Waals surface area contributed by atoms with Crippen LogP contribution in [0.1, 0.15) is 43.4 Å². The van der Waals surface area contributed by atoms with E-state index in [1.807, 2.05) is 30.3 Å². The second-order valence-corrected chi connectivity index (χ2v) is 12.3. The number of nitrogens with zero attached hydrogens (tertiary/aromatic N) is 4. The van der Waals surface area contributed by atoms with E-state index < -0.39 is 5.92 Å². The van der Waals surface area contributed by atoms with Gasteiger partial charge in [-0.1, -0.05) is 11.6 Å². The molecule has 2 saturated carbocycles. The fourth-order valence-electron chi connectivity index (χ4n) is 6.26. The summed E-state index contributed by atoms with van der Waals surface area (Å²) < 4.78 is 27.1. The Morgan fingerprint density at radius 2 is 1.82 bits per heavy atom. The molecule has 0 radical (unpaired) electrons. The van der Waals surface area contributed by atoms with E-state index in [0.717, 1.165) is 16.9 Å². The lowest BCUT2D eigenvalue weighted by Crippen LogP contribution is -2.58. The molecule has 5 rings (SSSR count). The molecule has 8 nitrogen and oxygen atoms in total. The van der Waals surface area contributed by atoms with Crippen LogP contribution >= 0.6 is 11.6 Å². The van der Waals surface area contributed by atoms with Gasteiger partial charge in [0.2, 0.25) is 17.7 Å². The number of hydrogen-bond donors (Lipinski definition) is 2. The molecule has 3 fully saturated rings. The molecule has 3 aliphatic rings. The lowest BCUT2D eigenvalue weighted by molar-refractivity contribution is -0.135. The number of piperazine rings is 1. The molecular weight excluding hydrogens is 535 g/mol. The largest absolute Gasteiger partial charge is 0.379 e. The van der Waals surface area contributed by atoms with Crippen LogP contribution in [0.25, 0.3) is 0 Å². The van der Waals surface area contributed by atoms with Crippen LogP contribution in [0, 0.1) is 11.3 Å². The van der Waals surface area contributed by atoms with Crippen molar-refractivity contribution in [3.8, 4) is 0 Å². The quantitative estimate of drug-likeness (QED) is 0.469. The van der Waals surface area contributed by atoms with Gasteiger partial charge in [0.05, 0.1) is 18.8 Å². The van der Waals surface area contributed by atoms with E-state index in [-0.39, 0.29) is 47.9 Å². The maximum absolute atomic E-state index is 13.5. The second-order valence-electron chi connectivity index (χ2n) is 11.9. The number of hydrogen-bond acceptors (Lipinski definition) is 6. The molecule has 1 aromatic carbocycles. The average molecular weight is 571 g/mol. The average Bonchev–Trinajstić information content (AvgIpc) is 3.67. The van der Waals surface area contributed by atoms with Gasteiger partial charge in [-0.2, -0.15) is 10.2 Å². The van der Waals surface area contributed by atoms with E-state index in [4.69, 9.17) is 11.6 Å². The number of benzene rings is 1. The number of carbonyl (C=O) groups excluding carboxylic acids is 2. The number of aromatic nitrogens is 2. The highest BCUT2D eigenvalue weighted by Crippen LogP contribution is 2.63. The fourth-order valence-corrected chi connectivity index (χ4v) is 6.43. The first-order valence-corrected chi connectivity index (χ1v) is 14.4. The maximum Gasteiger partial charge on any atom is 0.248 e. The summed E-state index contributed by atoms with van der Waals surface area (Å²) >= 11 is 6.40. The van der Waals surface area contributed by atoms with Gasteiger partial charge in [0.1, 0.15) is 15.7 Å². The number of anilines is 1. The summed E-state index contributed by atoms with van der Waals surface area (Å²) in [6, 6.07) is 9.58. The van der Waals surface area contributed by atoms with Gasteiger partial charge in [0.15, 0.2) is 0 Å². The van der Waals surface area contributed by atoms with E-state index >= 15 is 0 Å². The van der Waals surface area contributed by atoms with Crippen molar-refractivity contribution >= 4 is 44.8 Å². The molecule has 1 spiro atoms. The molecule has 13 heteroatoms. The Kier molecular flexibility index (Phi) is 8.12. The number of rotatable bonds is 8. The highest BCUT2D eigenvalue weighted by atomic mass is 35.5. The first-order chi connectivity index (χ1) is 19.0. The fraction of sp³-hybridized carbons (Fsp3) is 0.556. The lowest BCUT2D eigenvalue weighted by atomic mass is 9.56. The molecule has 2 heterocycles. The van der Waals surface area contributed by atoms with Gasteiger partial charge in [-0.3, -0.25) is 9.59 Å². The zero-order valence-electron chi connectivity index (χ0n) is 23.1. The minimum Gasteiger partial charge on any atom is -0.379 e. The number of halogens is 3. The molecule has 40 heavy (non-hydrogen) atoms. The molecule has 0 bridgehead atoms. The normalized spacial score (nSPS) is 22.1. The second kappa shape index (κ2) is 11.3. The summed E-state index contributed by atoms with van der Waals surface area (Å²) in [5.74, 6) is -3.15. The zero-order valence-corrected chi connectivity index (χ0v) is 23.8. The van der Waals surface area contributed by atoms with E-state index in [1.165, 1.54) is 0 Å². The summed E-state index contributed by atoms with van der Waals surface area (Å²) in [4.78, 5) is 29.7. The van der Waals surface area contributed by atoms with Gasteiger partial charge < -0.3 is 20.4 Å². The topological polar surface area (TPSA) is 90.5 Å². The maximum atomic E-state index is 13.5. The van der Waals surface area contributed by atoms with E-state index in [0.29, 0.717) is 57.0 Å². The first-order valence-electron chi connectivity index (χ1n) is 14.0. The molecule has 212 valence electrons. The highest BCUT2D eigenvalue weighted by Gasteiger charge is 2.60. The van der Waals surface area contributed by atoms with Crippen molar-refractivity contribution in [1.29, 1.82) is 0 Å². The van der Waals surface area contributed by atoms with Crippen molar-refractivity contribution in [2.75, 3.05) is 38.0 Å². The minimum absolute atomic E-state index is 0.0598. The van der Waals surface area contributed by atoms with Crippen LogP contribution in [0.2, 0.25) is 5.02 Å². The van der Waals surface area contributed by atoms with Crippen molar-refractivity contribution in [3.05, 3.63) is 52.8 Å². The van der Waals surface area contributed by atoms with Gasteiger partial charge in [-0.15, -0.1) is 0 Å². The van der Waals surface area contributed by atoms with Gasteiger partial charge in [0.25, 0.3) is 0 Å². The van der Waals surface area contributed by atoms with Gasteiger partial charge in [0, 0.05) is 61.8 Å². The Morgan fingerprint density at radius 1 is 1.10 bits per heavy atom. The summed E-state index contributed by atoms with van der Waals surface area (Å²) in [6.07, 6.45) is 2.76. The number of carbonyl (C=O) groups is 2. The predicted molar refractivity (Wildman–Crippen MR) is 155 cm³/mol. The van der Waals surface area contributed by atoms with Gasteiger partial charge in [-0.25, -0.2) is 8.78 Å². The van der Waals surface area contributed by atoms with Crippen LogP contribution in [-0.2, 0) is 21.5 Å². The van der Waals surface area contributed by atoms with E-state index in [2.05, 4.69) is 41.4 Å². The van der Waals surface area contributed by atoms with Gasteiger partial charge >= 0.3 is 0 Å². The third-order valence-corrected chi connectivity index (χ3v) is 9.28. The summed E-state index contributed by atoms with van der Waals surface area (Å²) in [6.45, 7) is 2.90. The Hall–Kier alpha value is -2.72. The van der Waals surface area contributed by atoms with Crippen LogP contribution in [0.3, 0.4) is 0 Å². The molecule has 2 N–H and O–H groups in total. The molecule has 1 saturated heterocycles. The zero-order chi connectivity index (χ0) is 28.5. The van der Waals surface area contributed by atoms with Crippen LogP contribution in [-0.4, -0.2) is 86.2 Å². The van der Waals surface area contributed by atoms with Crippen LogP contribution in [0.15, 0.2) is 36.5 Å². The van der Waals surface area contributed by atoms with E-state index in [9.17, 15) is 18.4 Å². The number of amides is 2. The molecule has 1 atom stereocenters. The van der Waals surface area contributed by atoms with E-state index in [1.54, 1.807) is 11.1 Å². The predicted octanol–water partition coefficient (Wildman–Crippen LogP) is 1.59. The van der Waals surface area contributed by atoms with Crippen LogP contribution in [0.5, 0.6) is 0 Å². The number of alkyl halides is 2. The molecule has 2 amide bonds. The molecule has 2 aliphatic carbocycles. The van der Waals surface area contributed by atoms with Crippen LogP contribution < -0.4 is 10.6 Å². The summed E-state index contributed by atoms with van der Waals surface area (Å²) in [7, 11) is 4.30. The van der Waals surface area contributed by atoms with Crippen molar-refractivity contribution in [2.24, 2.45) is 11.3 Å². The Morgan fingerprint density at radius 3 is 2.50 bits per heavy atom. The standard InChI is InChI=1S/C27H35B2ClF2N6O2/c28-27(29,20-14-18(30)3-4-22(20)33-16-19-2-1-9-35-36-19)38-12-10-37(11-13-38)23(39)17-34-24(40)21-15-25(21)5-7-26(31,32)8-6-25/h1-4,9,14,21,33H,5-8,10-13,15-17,28-29H2,(H,34,40). The Bertz CT molecular complexity index is 1240. The van der Waals surface area contributed by atoms with Crippen molar-refractivity contribution < 1.29 is 18.4 Å². The molecular formula is C27H35B2ClF2N6O2. The SMILES string of the molecule is BC(B)(c1cc(Cl)ccc1NCc1cccnn1)N1CCN(C(=O)CNC(=O)C2CC23CCC(F)(F)CC3)CC1. The lowest BCUT2D eigenvalue weighted by Gasteiger charge is -2.45. The van der Waals surface area contributed by atoms with Crippen molar-refractivity contribution in [1.82, 2.24) is 25.3 Å². The Balaban J connectivity index is 1.13. The molecule has 2 aromatic rings. The summed E-state index contributed by atoms with van der Waals surface area (Å²) in [5, 5.41) is 14.6. The Labute approximate surface area is 240 Å².